The Labute approximate surface area is 174 Å². The summed E-state index contributed by atoms with van der Waals surface area (Å²) >= 11 is 12.1. The van der Waals surface area contributed by atoms with Crippen molar-refractivity contribution in [2.24, 2.45) is 5.10 Å². The number of methoxy groups -OCH3 is 1. The third-order valence-electron chi connectivity index (χ3n) is 4.03. The molecule has 3 aromatic rings. The summed E-state index contributed by atoms with van der Waals surface area (Å²) in [6, 6.07) is 20.9. The van der Waals surface area contributed by atoms with E-state index in [1.807, 2.05) is 66.7 Å². The molecular formula is C22H20Cl2N2O2. The van der Waals surface area contributed by atoms with Crippen molar-refractivity contribution in [3.8, 4) is 11.5 Å². The lowest BCUT2D eigenvalue weighted by molar-refractivity contribution is 0.284. The van der Waals surface area contributed by atoms with Crippen LogP contribution >= 0.6 is 23.2 Å². The van der Waals surface area contributed by atoms with Crippen molar-refractivity contribution >= 4 is 29.4 Å². The molecule has 0 bridgehead atoms. The molecule has 0 radical (unpaired) electrons. The first-order valence-electron chi connectivity index (χ1n) is 8.70. The molecule has 0 saturated carbocycles. The van der Waals surface area contributed by atoms with Gasteiger partial charge in [0.05, 0.1) is 19.9 Å². The van der Waals surface area contributed by atoms with E-state index in [1.54, 1.807) is 13.3 Å². The van der Waals surface area contributed by atoms with Crippen LogP contribution in [0.3, 0.4) is 0 Å². The molecule has 0 unspecified atom stereocenters. The van der Waals surface area contributed by atoms with Gasteiger partial charge >= 0.3 is 0 Å². The lowest BCUT2D eigenvalue weighted by Crippen LogP contribution is -2.05. The van der Waals surface area contributed by atoms with Crippen molar-refractivity contribution < 1.29 is 9.47 Å². The molecule has 144 valence electrons. The zero-order valence-corrected chi connectivity index (χ0v) is 16.9. The van der Waals surface area contributed by atoms with E-state index in [0.717, 1.165) is 21.7 Å². The minimum absolute atomic E-state index is 0.367. The van der Waals surface area contributed by atoms with Gasteiger partial charge in [-0.2, -0.15) is 5.10 Å². The Kier molecular flexibility index (Phi) is 7.18. The van der Waals surface area contributed by atoms with E-state index in [4.69, 9.17) is 32.7 Å². The fraction of sp³-hybridized carbons (Fsp3) is 0.136. The topological polar surface area (TPSA) is 42.8 Å². The zero-order valence-electron chi connectivity index (χ0n) is 15.4. The fourth-order valence-electron chi connectivity index (χ4n) is 2.51. The number of halogens is 2. The van der Waals surface area contributed by atoms with Gasteiger partial charge in [0.15, 0.2) is 11.5 Å². The molecule has 0 aliphatic carbocycles. The second-order valence-corrected chi connectivity index (χ2v) is 6.85. The van der Waals surface area contributed by atoms with E-state index in [0.29, 0.717) is 29.7 Å². The average molecular weight is 415 g/mol. The van der Waals surface area contributed by atoms with Gasteiger partial charge < -0.3 is 14.9 Å². The number of rotatable bonds is 8. The van der Waals surface area contributed by atoms with Crippen molar-refractivity contribution in [1.29, 1.82) is 0 Å². The Bertz CT molecular complexity index is 944. The molecule has 0 aliphatic heterocycles. The van der Waals surface area contributed by atoms with Crippen LogP contribution in [0.1, 0.15) is 16.7 Å². The van der Waals surface area contributed by atoms with Gasteiger partial charge in [-0.25, -0.2) is 0 Å². The molecule has 0 amide bonds. The minimum atomic E-state index is 0.367. The molecule has 1 N–H and O–H groups in total. The Morgan fingerprint density at radius 2 is 1.75 bits per heavy atom. The third kappa shape index (κ3) is 5.65. The maximum absolute atomic E-state index is 6.17. The molecule has 6 heteroatoms. The van der Waals surface area contributed by atoms with Gasteiger partial charge in [-0.05, 0) is 47.5 Å². The number of hydrogen-bond donors (Lipinski definition) is 1. The predicted molar refractivity (Wildman–Crippen MR) is 115 cm³/mol. The van der Waals surface area contributed by atoms with E-state index < -0.39 is 0 Å². The first kappa shape index (κ1) is 20.1. The highest BCUT2D eigenvalue weighted by molar-refractivity contribution is 6.31. The summed E-state index contributed by atoms with van der Waals surface area (Å²) in [5.41, 5.74) is 5.93. The van der Waals surface area contributed by atoms with E-state index >= 15 is 0 Å². The molecule has 28 heavy (non-hydrogen) atoms. The smallest absolute Gasteiger partial charge is 0.161 e. The Balaban J connectivity index is 1.59. The van der Waals surface area contributed by atoms with E-state index in [-0.39, 0.29) is 0 Å². The number of hydrogen-bond acceptors (Lipinski definition) is 4. The lowest BCUT2D eigenvalue weighted by Gasteiger charge is -2.12. The summed E-state index contributed by atoms with van der Waals surface area (Å²) in [5.74, 6) is 1.28. The van der Waals surface area contributed by atoms with Gasteiger partial charge in [-0.1, -0.05) is 53.5 Å². The largest absolute Gasteiger partial charge is 0.493 e. The normalized spacial score (nSPS) is 10.8. The molecule has 3 aromatic carbocycles. The summed E-state index contributed by atoms with van der Waals surface area (Å²) in [5, 5.41) is 5.64. The van der Waals surface area contributed by atoms with Crippen molar-refractivity contribution in [2.45, 2.75) is 13.2 Å². The monoisotopic (exact) mass is 414 g/mol. The highest BCUT2D eigenvalue weighted by Crippen LogP contribution is 2.29. The van der Waals surface area contributed by atoms with Crippen LogP contribution in [0.5, 0.6) is 11.5 Å². The maximum Gasteiger partial charge on any atom is 0.161 e. The van der Waals surface area contributed by atoms with Crippen molar-refractivity contribution in [3.05, 3.63) is 93.5 Å². The summed E-state index contributed by atoms with van der Waals surface area (Å²) in [6.07, 6.45) is 1.73. The first-order chi connectivity index (χ1) is 13.7. The van der Waals surface area contributed by atoms with Crippen LogP contribution in [0.2, 0.25) is 10.0 Å². The average Bonchev–Trinajstić information content (AvgIpc) is 2.72. The van der Waals surface area contributed by atoms with Crippen LogP contribution in [0.25, 0.3) is 0 Å². The van der Waals surface area contributed by atoms with Gasteiger partial charge in [0.2, 0.25) is 0 Å². The number of nitrogens with zero attached hydrogens (tertiary/aromatic N) is 1. The predicted octanol–water partition coefficient (Wildman–Crippen LogP) is 5.70. The van der Waals surface area contributed by atoms with Gasteiger partial charge in [0.1, 0.15) is 6.61 Å². The number of benzene rings is 3. The number of ether oxygens (including phenoxy) is 2. The van der Waals surface area contributed by atoms with Gasteiger partial charge in [0.25, 0.3) is 0 Å². The second kappa shape index (κ2) is 10.0. The van der Waals surface area contributed by atoms with Crippen LogP contribution in [0.15, 0.2) is 71.8 Å². The van der Waals surface area contributed by atoms with Crippen LogP contribution in [0, 0.1) is 0 Å². The molecule has 0 aliphatic rings. The number of hydrazone groups is 1. The molecular weight excluding hydrogens is 395 g/mol. The van der Waals surface area contributed by atoms with Crippen LogP contribution in [-0.2, 0) is 13.2 Å². The SMILES string of the molecule is COc1cc(/C=N\NCc2ccc(Cl)cc2)ccc1OCc1ccccc1Cl. The Morgan fingerprint density at radius 3 is 2.50 bits per heavy atom. The van der Waals surface area contributed by atoms with E-state index in [9.17, 15) is 0 Å². The third-order valence-corrected chi connectivity index (χ3v) is 4.65. The van der Waals surface area contributed by atoms with Gasteiger partial charge in [-0.15, -0.1) is 0 Å². The summed E-state index contributed by atoms with van der Waals surface area (Å²) < 4.78 is 11.3. The second-order valence-electron chi connectivity index (χ2n) is 6.01. The maximum atomic E-state index is 6.17. The Hall–Kier alpha value is -2.69. The Morgan fingerprint density at radius 1 is 0.964 bits per heavy atom. The molecule has 0 saturated heterocycles. The van der Waals surface area contributed by atoms with Crippen molar-refractivity contribution in [1.82, 2.24) is 5.43 Å². The van der Waals surface area contributed by atoms with Gasteiger partial charge in [0, 0.05) is 15.6 Å². The molecule has 0 spiro atoms. The molecule has 3 rings (SSSR count). The van der Waals surface area contributed by atoms with E-state index in [2.05, 4.69) is 10.5 Å². The van der Waals surface area contributed by atoms with Crippen molar-refractivity contribution in [2.75, 3.05) is 7.11 Å². The quantitative estimate of drug-likeness (QED) is 0.379. The van der Waals surface area contributed by atoms with E-state index in [1.165, 1.54) is 0 Å². The van der Waals surface area contributed by atoms with Crippen LogP contribution < -0.4 is 14.9 Å². The highest BCUT2D eigenvalue weighted by atomic mass is 35.5. The first-order valence-corrected chi connectivity index (χ1v) is 9.46. The summed E-state index contributed by atoms with van der Waals surface area (Å²) in [7, 11) is 1.61. The van der Waals surface area contributed by atoms with Gasteiger partial charge in [-0.3, -0.25) is 0 Å². The van der Waals surface area contributed by atoms with Crippen LogP contribution in [-0.4, -0.2) is 13.3 Å². The molecule has 0 atom stereocenters. The standard InChI is InChI=1S/C22H20Cl2N2O2/c1-27-22-12-17(14-26-25-13-16-6-9-19(23)10-7-16)8-11-21(22)28-15-18-4-2-3-5-20(18)24/h2-12,14,25H,13,15H2,1H3/b26-14-. The highest BCUT2D eigenvalue weighted by Gasteiger charge is 2.07. The minimum Gasteiger partial charge on any atom is -0.493 e. The zero-order chi connectivity index (χ0) is 19.8. The van der Waals surface area contributed by atoms with Crippen molar-refractivity contribution in [3.63, 3.8) is 0 Å². The molecule has 0 heterocycles. The summed E-state index contributed by atoms with van der Waals surface area (Å²) in [6.45, 7) is 0.982. The fourth-order valence-corrected chi connectivity index (χ4v) is 2.83. The molecule has 0 fully saturated rings. The number of nitrogens with one attached hydrogen (secondary N) is 1. The summed E-state index contributed by atoms with van der Waals surface area (Å²) in [4.78, 5) is 0. The lowest BCUT2D eigenvalue weighted by atomic mass is 10.2. The molecule has 4 nitrogen and oxygen atoms in total. The van der Waals surface area contributed by atoms with Crippen LogP contribution in [0.4, 0.5) is 0 Å². The molecule has 0 aromatic heterocycles.